The molecule has 0 aliphatic carbocycles. The largest absolute Gasteiger partial charge is 0.315 e. The van der Waals surface area contributed by atoms with Gasteiger partial charge in [-0.15, -0.1) is 22.7 Å². The molecule has 0 spiro atoms. The monoisotopic (exact) mass is 331 g/mol. The second-order valence-corrected chi connectivity index (χ2v) is 8.11. The highest BCUT2D eigenvalue weighted by Gasteiger charge is 2.15. The van der Waals surface area contributed by atoms with Crippen LogP contribution in [0, 0.1) is 6.92 Å². The summed E-state index contributed by atoms with van der Waals surface area (Å²) in [6, 6.07) is 1.70. The zero-order valence-corrected chi connectivity index (χ0v) is 13.8. The van der Waals surface area contributed by atoms with Gasteiger partial charge in [0.25, 0.3) is 0 Å². The summed E-state index contributed by atoms with van der Waals surface area (Å²) < 4.78 is 26.8. The molecule has 0 atom stereocenters. The van der Waals surface area contributed by atoms with Crippen LogP contribution in [0.2, 0.25) is 0 Å². The highest BCUT2D eigenvalue weighted by Crippen LogP contribution is 2.19. The first-order valence-corrected chi connectivity index (χ1v) is 9.38. The van der Waals surface area contributed by atoms with E-state index in [1.54, 1.807) is 22.8 Å². The molecule has 2 heterocycles. The zero-order chi connectivity index (χ0) is 14.6. The summed E-state index contributed by atoms with van der Waals surface area (Å²) in [5, 5.41) is 7.63. The van der Waals surface area contributed by atoms with Gasteiger partial charge in [0.15, 0.2) is 0 Å². The fourth-order valence-corrected chi connectivity index (χ4v) is 4.65. The van der Waals surface area contributed by atoms with Crippen molar-refractivity contribution < 1.29 is 8.42 Å². The van der Waals surface area contributed by atoms with Crippen LogP contribution >= 0.6 is 22.7 Å². The fourth-order valence-electron chi connectivity index (χ4n) is 1.69. The molecule has 2 aromatic rings. The van der Waals surface area contributed by atoms with E-state index in [0.717, 1.165) is 15.6 Å². The van der Waals surface area contributed by atoms with Crippen molar-refractivity contribution in [2.45, 2.75) is 24.8 Å². The fraction of sp³-hybridized carbons (Fsp3) is 0.417. The molecule has 0 aliphatic rings. The molecule has 0 unspecified atom stereocenters. The SMILES string of the molecule is CNCc1cc(S(=O)(=O)NCCc2csc(C)n2)cs1. The number of hydrogen-bond donors (Lipinski definition) is 2. The molecule has 0 fully saturated rings. The van der Waals surface area contributed by atoms with Crippen LogP contribution in [0.3, 0.4) is 0 Å². The van der Waals surface area contributed by atoms with Crippen LogP contribution in [-0.2, 0) is 23.0 Å². The molecule has 0 aromatic carbocycles. The van der Waals surface area contributed by atoms with E-state index in [-0.39, 0.29) is 0 Å². The number of hydrogen-bond acceptors (Lipinski definition) is 6. The van der Waals surface area contributed by atoms with Crippen LogP contribution in [0.1, 0.15) is 15.6 Å². The summed E-state index contributed by atoms with van der Waals surface area (Å²) in [6.07, 6.45) is 0.608. The van der Waals surface area contributed by atoms with Crippen molar-refractivity contribution >= 4 is 32.7 Å². The van der Waals surface area contributed by atoms with Gasteiger partial charge in [-0.25, -0.2) is 18.1 Å². The number of aryl methyl sites for hydroxylation is 1. The van der Waals surface area contributed by atoms with Crippen molar-refractivity contribution in [3.05, 3.63) is 32.4 Å². The molecule has 2 aromatic heterocycles. The highest BCUT2D eigenvalue weighted by molar-refractivity contribution is 7.89. The van der Waals surface area contributed by atoms with E-state index < -0.39 is 10.0 Å². The normalized spacial score (nSPS) is 11.9. The molecule has 2 N–H and O–H groups in total. The first-order chi connectivity index (χ1) is 9.51. The first kappa shape index (κ1) is 15.6. The van der Waals surface area contributed by atoms with Gasteiger partial charge in [-0.05, 0) is 20.0 Å². The number of aromatic nitrogens is 1. The van der Waals surface area contributed by atoms with Crippen LogP contribution in [0.25, 0.3) is 0 Å². The molecule has 0 saturated heterocycles. The molecule has 0 saturated carbocycles. The third-order valence-electron chi connectivity index (χ3n) is 2.63. The second-order valence-electron chi connectivity index (χ2n) is 4.28. The lowest BCUT2D eigenvalue weighted by Crippen LogP contribution is -2.25. The van der Waals surface area contributed by atoms with Crippen LogP contribution < -0.4 is 10.0 Å². The first-order valence-electron chi connectivity index (χ1n) is 6.14. The zero-order valence-electron chi connectivity index (χ0n) is 11.3. The average Bonchev–Trinajstić information content (AvgIpc) is 2.99. The Kier molecular flexibility index (Phi) is 5.28. The van der Waals surface area contributed by atoms with E-state index in [2.05, 4.69) is 15.0 Å². The lowest BCUT2D eigenvalue weighted by molar-refractivity contribution is 0.581. The van der Waals surface area contributed by atoms with Crippen LogP contribution in [-0.4, -0.2) is 27.0 Å². The van der Waals surface area contributed by atoms with Gasteiger partial charge in [-0.1, -0.05) is 0 Å². The van der Waals surface area contributed by atoms with E-state index in [1.807, 2.05) is 19.4 Å². The van der Waals surface area contributed by atoms with Gasteiger partial charge >= 0.3 is 0 Å². The third-order valence-corrected chi connectivity index (χ3v) is 5.98. The average molecular weight is 331 g/mol. The third kappa shape index (κ3) is 4.10. The Morgan fingerprint density at radius 2 is 2.10 bits per heavy atom. The number of sulfonamides is 1. The predicted octanol–water partition coefficient (Wildman–Crippen LogP) is 1.75. The maximum absolute atomic E-state index is 12.1. The van der Waals surface area contributed by atoms with Crippen LogP contribution in [0.4, 0.5) is 0 Å². The Labute approximate surface area is 127 Å². The molecule has 110 valence electrons. The summed E-state index contributed by atoms with van der Waals surface area (Å²) in [7, 11) is -1.58. The van der Waals surface area contributed by atoms with Crippen molar-refractivity contribution in [1.82, 2.24) is 15.0 Å². The minimum absolute atomic E-state index is 0.335. The van der Waals surface area contributed by atoms with E-state index >= 15 is 0 Å². The molecule has 5 nitrogen and oxygen atoms in total. The molecular weight excluding hydrogens is 314 g/mol. The molecule has 0 radical (unpaired) electrons. The molecule has 8 heteroatoms. The van der Waals surface area contributed by atoms with Crippen molar-refractivity contribution in [3.63, 3.8) is 0 Å². The van der Waals surface area contributed by atoms with E-state index in [9.17, 15) is 8.42 Å². The van der Waals surface area contributed by atoms with Gasteiger partial charge in [-0.3, -0.25) is 0 Å². The quantitative estimate of drug-likeness (QED) is 0.811. The van der Waals surface area contributed by atoms with Crippen LogP contribution in [0.5, 0.6) is 0 Å². The van der Waals surface area contributed by atoms with E-state index in [4.69, 9.17) is 0 Å². The number of thiophene rings is 1. The lowest BCUT2D eigenvalue weighted by atomic mass is 10.3. The van der Waals surface area contributed by atoms with Gasteiger partial charge in [0.05, 0.1) is 15.6 Å². The van der Waals surface area contributed by atoms with E-state index in [1.165, 1.54) is 11.3 Å². The van der Waals surface area contributed by atoms with Gasteiger partial charge in [0.1, 0.15) is 0 Å². The van der Waals surface area contributed by atoms with Crippen molar-refractivity contribution in [2.75, 3.05) is 13.6 Å². The summed E-state index contributed by atoms with van der Waals surface area (Å²) in [5.41, 5.74) is 0.927. The highest BCUT2D eigenvalue weighted by atomic mass is 32.2. The number of nitrogens with zero attached hydrogens (tertiary/aromatic N) is 1. The van der Waals surface area contributed by atoms with Crippen molar-refractivity contribution in [3.8, 4) is 0 Å². The molecule has 0 amide bonds. The van der Waals surface area contributed by atoms with Crippen molar-refractivity contribution in [2.24, 2.45) is 0 Å². The lowest BCUT2D eigenvalue weighted by Gasteiger charge is -2.03. The van der Waals surface area contributed by atoms with E-state index in [0.29, 0.717) is 24.4 Å². The minimum Gasteiger partial charge on any atom is -0.315 e. The standard InChI is InChI=1S/C12H17N3O2S3/c1-9-15-10(7-18-9)3-4-14-20(16,17)12-5-11(6-13-2)19-8-12/h5,7-8,13-14H,3-4,6H2,1-2H3. The summed E-state index contributed by atoms with van der Waals surface area (Å²) in [6.45, 7) is 2.98. The molecular formula is C12H17N3O2S3. The Bertz CT molecular complexity index is 661. The minimum atomic E-state index is -3.41. The smallest absolute Gasteiger partial charge is 0.241 e. The topological polar surface area (TPSA) is 71.1 Å². The Hall–Kier alpha value is -0.800. The Balaban J connectivity index is 1.92. The number of nitrogens with one attached hydrogen (secondary N) is 2. The maximum atomic E-state index is 12.1. The van der Waals surface area contributed by atoms with Crippen molar-refractivity contribution in [1.29, 1.82) is 0 Å². The molecule has 2 rings (SSSR count). The van der Waals surface area contributed by atoms with Gasteiger partial charge < -0.3 is 5.32 Å². The van der Waals surface area contributed by atoms with Gasteiger partial charge in [-0.2, -0.15) is 0 Å². The molecule has 20 heavy (non-hydrogen) atoms. The summed E-state index contributed by atoms with van der Waals surface area (Å²) >= 11 is 3.02. The van der Waals surface area contributed by atoms with Gasteiger partial charge in [0, 0.05) is 35.1 Å². The summed E-state index contributed by atoms with van der Waals surface area (Å²) in [5.74, 6) is 0. The summed E-state index contributed by atoms with van der Waals surface area (Å²) in [4.78, 5) is 5.65. The number of rotatable bonds is 7. The second kappa shape index (κ2) is 6.77. The van der Waals surface area contributed by atoms with Gasteiger partial charge in [0.2, 0.25) is 10.0 Å². The number of thiazole rings is 1. The Morgan fingerprint density at radius 1 is 1.30 bits per heavy atom. The molecule has 0 aliphatic heterocycles. The predicted molar refractivity (Wildman–Crippen MR) is 82.8 cm³/mol. The van der Waals surface area contributed by atoms with Crippen LogP contribution in [0.15, 0.2) is 21.7 Å². The molecule has 0 bridgehead atoms. The Morgan fingerprint density at radius 3 is 2.75 bits per heavy atom. The maximum Gasteiger partial charge on any atom is 0.241 e.